The number of hydrogen-bond donors (Lipinski definition) is 2. The van der Waals surface area contributed by atoms with Crippen molar-refractivity contribution < 1.29 is 19.4 Å². The van der Waals surface area contributed by atoms with E-state index in [1.807, 2.05) is 43.0 Å². The summed E-state index contributed by atoms with van der Waals surface area (Å²) in [5, 5.41) is 13.9. The largest absolute Gasteiger partial charge is 0.496 e. The van der Waals surface area contributed by atoms with Crippen LogP contribution in [0.25, 0.3) is 5.03 Å². The van der Waals surface area contributed by atoms with Crippen molar-refractivity contribution in [1.29, 1.82) is 0 Å². The third kappa shape index (κ3) is 6.28. The number of amides is 1. The number of halogens is 1. The second-order valence-corrected chi connectivity index (χ2v) is 11.5. The molecule has 2 fully saturated rings. The summed E-state index contributed by atoms with van der Waals surface area (Å²) in [6.07, 6.45) is 4.98. The Hall–Kier alpha value is -2.72. The lowest BCUT2D eigenvalue weighted by atomic mass is 10.0. The summed E-state index contributed by atoms with van der Waals surface area (Å²) in [4.78, 5) is 27.4. The Kier molecular flexibility index (Phi) is 9.25. The van der Waals surface area contributed by atoms with Gasteiger partial charge in [-0.05, 0) is 30.9 Å². The summed E-state index contributed by atoms with van der Waals surface area (Å²) in [7, 11) is 1.62. The third-order valence-electron chi connectivity index (χ3n) is 8.26. The number of benzene rings is 1. The van der Waals surface area contributed by atoms with Gasteiger partial charge in [0.15, 0.2) is 0 Å². The molecule has 2 N–H and O–H groups in total. The van der Waals surface area contributed by atoms with Crippen molar-refractivity contribution in [3.63, 3.8) is 0 Å². The van der Waals surface area contributed by atoms with Gasteiger partial charge < -0.3 is 24.8 Å². The van der Waals surface area contributed by atoms with Crippen LogP contribution in [0.4, 0.5) is 5.82 Å². The van der Waals surface area contributed by atoms with Gasteiger partial charge in [-0.1, -0.05) is 37.6 Å². The SMILES string of the molecule is COc1cc(C(=O)N2CCC(N3CCOCC3)CC2)ccc1Cc1nc2c(c(N[C@H](CO)C(C)C)n1)C(Cl)=CC2. The van der Waals surface area contributed by atoms with E-state index in [9.17, 15) is 9.90 Å². The molecule has 0 saturated carbocycles. The van der Waals surface area contributed by atoms with Crippen LogP contribution in [-0.4, -0.2) is 96.0 Å². The minimum Gasteiger partial charge on any atom is -0.496 e. The predicted molar refractivity (Wildman–Crippen MR) is 156 cm³/mol. The smallest absolute Gasteiger partial charge is 0.253 e. The van der Waals surface area contributed by atoms with Crippen LogP contribution in [0.3, 0.4) is 0 Å². The van der Waals surface area contributed by atoms with E-state index in [1.165, 1.54) is 0 Å². The third-order valence-corrected chi connectivity index (χ3v) is 8.61. The van der Waals surface area contributed by atoms with Crippen molar-refractivity contribution in [2.75, 3.05) is 58.4 Å². The molecule has 2 aliphatic heterocycles. The number of nitrogens with zero attached hydrogens (tertiary/aromatic N) is 4. The summed E-state index contributed by atoms with van der Waals surface area (Å²) < 4.78 is 11.2. The number of aromatic nitrogens is 2. The molecule has 0 spiro atoms. The quantitative estimate of drug-likeness (QED) is 0.473. The van der Waals surface area contributed by atoms with Crippen molar-refractivity contribution in [3.8, 4) is 5.75 Å². The molecule has 1 amide bonds. The van der Waals surface area contributed by atoms with Crippen LogP contribution in [0.5, 0.6) is 5.75 Å². The monoisotopic (exact) mass is 569 g/mol. The molecule has 0 bridgehead atoms. The molecule has 5 rings (SSSR count). The number of hydrogen-bond acceptors (Lipinski definition) is 8. The van der Waals surface area contributed by atoms with Crippen molar-refractivity contribution in [3.05, 3.63) is 52.5 Å². The molecular formula is C30H40ClN5O4. The molecule has 216 valence electrons. The summed E-state index contributed by atoms with van der Waals surface area (Å²) in [6.45, 7) is 9.15. The highest BCUT2D eigenvalue weighted by Crippen LogP contribution is 2.35. The van der Waals surface area contributed by atoms with Gasteiger partial charge in [-0.25, -0.2) is 9.97 Å². The molecule has 1 atom stereocenters. The lowest BCUT2D eigenvalue weighted by molar-refractivity contribution is 0.00158. The first-order chi connectivity index (χ1) is 19.4. The molecular weight excluding hydrogens is 530 g/mol. The topological polar surface area (TPSA) is 100 Å². The number of carbonyl (C=O) groups is 1. The van der Waals surface area contributed by atoms with Crippen LogP contribution < -0.4 is 10.1 Å². The van der Waals surface area contributed by atoms with Gasteiger partial charge in [0.25, 0.3) is 5.91 Å². The minimum absolute atomic E-state index is 0.0126. The number of anilines is 1. The summed E-state index contributed by atoms with van der Waals surface area (Å²) in [6, 6.07) is 6.01. The Bertz CT molecular complexity index is 1240. The van der Waals surface area contributed by atoms with Gasteiger partial charge in [0.2, 0.25) is 0 Å². The molecule has 2 saturated heterocycles. The van der Waals surface area contributed by atoms with E-state index in [2.05, 4.69) is 10.2 Å². The highest BCUT2D eigenvalue weighted by atomic mass is 35.5. The highest BCUT2D eigenvalue weighted by Gasteiger charge is 2.29. The van der Waals surface area contributed by atoms with E-state index in [4.69, 9.17) is 31.0 Å². The molecule has 1 aliphatic carbocycles. The number of aliphatic hydroxyl groups excluding tert-OH is 1. The van der Waals surface area contributed by atoms with Gasteiger partial charge in [-0.3, -0.25) is 9.69 Å². The fourth-order valence-corrected chi connectivity index (χ4v) is 6.06. The predicted octanol–water partition coefficient (Wildman–Crippen LogP) is 3.58. The number of ether oxygens (including phenoxy) is 2. The number of piperidine rings is 1. The number of rotatable bonds is 9. The highest BCUT2D eigenvalue weighted by molar-refractivity contribution is 6.49. The number of likely N-dealkylation sites (tertiary alicyclic amines) is 1. The molecule has 9 nitrogen and oxygen atoms in total. The van der Waals surface area contributed by atoms with E-state index in [-0.39, 0.29) is 24.5 Å². The van der Waals surface area contributed by atoms with Crippen LogP contribution in [0, 0.1) is 5.92 Å². The molecule has 40 heavy (non-hydrogen) atoms. The van der Waals surface area contributed by atoms with E-state index in [0.29, 0.717) is 46.9 Å². The summed E-state index contributed by atoms with van der Waals surface area (Å²) in [5.74, 6) is 2.15. The van der Waals surface area contributed by atoms with Gasteiger partial charge >= 0.3 is 0 Å². The van der Waals surface area contributed by atoms with E-state index in [1.54, 1.807) is 7.11 Å². The first-order valence-corrected chi connectivity index (χ1v) is 14.7. The zero-order chi connectivity index (χ0) is 28.2. The zero-order valence-electron chi connectivity index (χ0n) is 23.7. The molecule has 0 unspecified atom stereocenters. The maximum atomic E-state index is 13.4. The Morgan fingerprint density at radius 3 is 2.62 bits per heavy atom. The second kappa shape index (κ2) is 12.9. The van der Waals surface area contributed by atoms with Crippen LogP contribution in [-0.2, 0) is 17.6 Å². The number of nitrogens with one attached hydrogen (secondary N) is 1. The molecule has 1 aromatic heterocycles. The molecule has 2 aromatic rings. The number of aliphatic hydroxyl groups is 1. The van der Waals surface area contributed by atoms with Crippen LogP contribution in [0.15, 0.2) is 24.3 Å². The molecule has 3 heterocycles. The standard InChI is InChI=1S/C30H40ClN5O4/c1-19(2)25(18-37)33-29-28-23(31)6-7-24(28)32-27(34-29)17-20-4-5-21(16-26(20)39-3)30(38)36-10-8-22(9-11-36)35-12-14-40-15-13-35/h4-6,16,19,22,25,37H,7-15,17-18H2,1-3H3,(H,32,33,34)/t25-/m1/s1. The van der Waals surface area contributed by atoms with Crippen molar-refractivity contribution in [2.45, 2.75) is 51.6 Å². The van der Waals surface area contributed by atoms with Gasteiger partial charge in [-0.2, -0.15) is 0 Å². The van der Waals surface area contributed by atoms with Crippen LogP contribution >= 0.6 is 11.6 Å². The van der Waals surface area contributed by atoms with Gasteiger partial charge in [0.1, 0.15) is 17.4 Å². The van der Waals surface area contributed by atoms with Gasteiger partial charge in [0, 0.05) is 61.2 Å². The van der Waals surface area contributed by atoms with Gasteiger partial charge in [-0.15, -0.1) is 0 Å². The molecule has 10 heteroatoms. The van der Waals surface area contributed by atoms with Crippen molar-refractivity contribution in [1.82, 2.24) is 19.8 Å². The van der Waals surface area contributed by atoms with Crippen molar-refractivity contribution in [2.24, 2.45) is 5.92 Å². The number of fused-ring (bicyclic) bond motifs is 1. The van der Waals surface area contributed by atoms with Crippen LogP contribution in [0.1, 0.15) is 59.7 Å². The Labute approximate surface area is 241 Å². The average molecular weight is 570 g/mol. The lowest BCUT2D eigenvalue weighted by Crippen LogP contribution is -2.50. The lowest BCUT2D eigenvalue weighted by Gasteiger charge is -2.40. The Balaban J connectivity index is 1.30. The normalized spacial score (nSPS) is 18.9. The number of carbonyl (C=O) groups excluding carboxylic acids is 1. The number of methoxy groups -OCH3 is 1. The second-order valence-electron chi connectivity index (χ2n) is 11.1. The molecule has 0 radical (unpaired) electrons. The average Bonchev–Trinajstić information content (AvgIpc) is 3.36. The fraction of sp³-hybridized carbons (Fsp3) is 0.567. The van der Waals surface area contributed by atoms with E-state index < -0.39 is 0 Å². The first kappa shape index (κ1) is 28.8. The Morgan fingerprint density at radius 1 is 1.20 bits per heavy atom. The van der Waals surface area contributed by atoms with E-state index >= 15 is 0 Å². The molecule has 1 aromatic carbocycles. The minimum atomic E-state index is -0.157. The van der Waals surface area contributed by atoms with Gasteiger partial charge in [0.05, 0.1) is 44.2 Å². The fourth-order valence-electron chi connectivity index (χ4n) is 5.78. The zero-order valence-corrected chi connectivity index (χ0v) is 24.4. The maximum Gasteiger partial charge on any atom is 0.253 e. The van der Waals surface area contributed by atoms with Crippen molar-refractivity contribution >= 4 is 28.4 Å². The number of morpholine rings is 1. The number of allylic oxidation sites excluding steroid dienone is 1. The Morgan fingerprint density at radius 2 is 1.95 bits per heavy atom. The summed E-state index contributed by atoms with van der Waals surface area (Å²) >= 11 is 6.49. The van der Waals surface area contributed by atoms with E-state index in [0.717, 1.165) is 69.1 Å². The molecule has 3 aliphatic rings. The first-order valence-electron chi connectivity index (χ1n) is 14.3. The summed E-state index contributed by atoms with van der Waals surface area (Å²) in [5.41, 5.74) is 3.19. The maximum absolute atomic E-state index is 13.4. The van der Waals surface area contributed by atoms with Crippen LogP contribution in [0.2, 0.25) is 0 Å².